The molecule has 0 unspecified atom stereocenters. The number of nitrogens with zero attached hydrogens (tertiary/aromatic N) is 2. The summed E-state index contributed by atoms with van der Waals surface area (Å²) < 4.78 is 33.0. The van der Waals surface area contributed by atoms with Gasteiger partial charge < -0.3 is 9.64 Å². The molecule has 2 heterocycles. The third-order valence-corrected chi connectivity index (χ3v) is 7.15. The minimum atomic E-state index is -3.61. The zero-order valence-corrected chi connectivity index (χ0v) is 16.5. The second-order valence-electron chi connectivity index (χ2n) is 7.16. The molecule has 0 bridgehead atoms. The van der Waals surface area contributed by atoms with E-state index in [-0.39, 0.29) is 17.4 Å². The molecule has 0 radical (unpaired) electrons. The normalized spacial score (nSPS) is 16.7. The Labute approximate surface area is 165 Å². The Kier molecular flexibility index (Phi) is 5.26. The first-order chi connectivity index (χ1) is 13.6. The summed E-state index contributed by atoms with van der Waals surface area (Å²) in [4.78, 5) is 14.2. The van der Waals surface area contributed by atoms with E-state index in [1.54, 1.807) is 12.1 Å². The van der Waals surface area contributed by atoms with Gasteiger partial charge in [-0.15, -0.1) is 0 Å². The third kappa shape index (κ3) is 3.71. The summed E-state index contributed by atoms with van der Waals surface area (Å²) in [7, 11) is -3.61. The first-order valence-corrected chi connectivity index (χ1v) is 11.1. The molecule has 4 rings (SSSR count). The zero-order valence-electron chi connectivity index (χ0n) is 15.7. The van der Waals surface area contributed by atoms with E-state index in [1.165, 1.54) is 22.9 Å². The Morgan fingerprint density at radius 3 is 2.39 bits per heavy atom. The van der Waals surface area contributed by atoms with Gasteiger partial charge in [0.1, 0.15) is 5.75 Å². The molecule has 0 N–H and O–H groups in total. The third-order valence-electron chi connectivity index (χ3n) is 5.33. The van der Waals surface area contributed by atoms with Gasteiger partial charge in [0.05, 0.1) is 10.6 Å². The van der Waals surface area contributed by atoms with Crippen molar-refractivity contribution < 1.29 is 17.9 Å². The number of hydrogen-bond donors (Lipinski definition) is 0. The largest absolute Gasteiger partial charge is 0.484 e. The summed E-state index contributed by atoms with van der Waals surface area (Å²) in [5.74, 6) is 0.469. The number of benzene rings is 2. The number of anilines is 1. The summed E-state index contributed by atoms with van der Waals surface area (Å²) >= 11 is 0. The molecule has 0 atom stereocenters. The zero-order chi connectivity index (χ0) is 19.6. The molecule has 148 valence electrons. The van der Waals surface area contributed by atoms with Crippen LogP contribution in [0.3, 0.4) is 0 Å². The standard InChI is InChI=1S/C21H24N2O4S/c24-21(22-13-4-1-5-14-22)16-27-18-8-10-19(11-9-18)28(25,26)23-15-12-17-6-2-3-7-20(17)23/h2-3,6-11H,1,4-5,12-16H2. The number of hydrogen-bond acceptors (Lipinski definition) is 4. The van der Waals surface area contributed by atoms with Crippen LogP contribution in [0.1, 0.15) is 24.8 Å². The number of likely N-dealkylation sites (tertiary alicyclic amines) is 1. The van der Waals surface area contributed by atoms with Gasteiger partial charge in [0.15, 0.2) is 6.61 Å². The van der Waals surface area contributed by atoms with Crippen molar-refractivity contribution in [3.8, 4) is 5.75 Å². The molecule has 2 aromatic carbocycles. The van der Waals surface area contributed by atoms with Crippen LogP contribution in [0.2, 0.25) is 0 Å². The van der Waals surface area contributed by atoms with Crippen LogP contribution < -0.4 is 9.04 Å². The molecule has 0 saturated carbocycles. The molecular weight excluding hydrogens is 376 g/mol. The van der Waals surface area contributed by atoms with Crippen LogP contribution in [-0.4, -0.2) is 45.5 Å². The predicted molar refractivity (Wildman–Crippen MR) is 107 cm³/mol. The lowest BCUT2D eigenvalue weighted by Crippen LogP contribution is -2.38. The lowest BCUT2D eigenvalue weighted by Gasteiger charge is -2.26. The lowest BCUT2D eigenvalue weighted by molar-refractivity contribution is -0.134. The number of rotatable bonds is 5. The number of para-hydroxylation sites is 1. The smallest absolute Gasteiger partial charge is 0.264 e. The highest BCUT2D eigenvalue weighted by Gasteiger charge is 2.30. The Balaban J connectivity index is 1.42. The molecule has 6 nitrogen and oxygen atoms in total. The average molecular weight is 401 g/mol. The first kappa shape index (κ1) is 18.8. The lowest BCUT2D eigenvalue weighted by atomic mass is 10.1. The second-order valence-corrected chi connectivity index (χ2v) is 9.02. The molecular formula is C21H24N2O4S. The van der Waals surface area contributed by atoms with Crippen LogP contribution in [-0.2, 0) is 21.2 Å². The molecule has 2 aliphatic heterocycles. The maximum atomic E-state index is 13.0. The molecule has 1 saturated heterocycles. The topological polar surface area (TPSA) is 66.9 Å². The van der Waals surface area contributed by atoms with Crippen molar-refractivity contribution in [1.82, 2.24) is 4.90 Å². The highest BCUT2D eigenvalue weighted by atomic mass is 32.2. The Morgan fingerprint density at radius 1 is 0.929 bits per heavy atom. The number of amides is 1. The first-order valence-electron chi connectivity index (χ1n) is 9.67. The highest BCUT2D eigenvalue weighted by molar-refractivity contribution is 7.92. The monoisotopic (exact) mass is 400 g/mol. The number of ether oxygens (including phenoxy) is 1. The van der Waals surface area contributed by atoms with Gasteiger partial charge in [0.2, 0.25) is 0 Å². The average Bonchev–Trinajstić information content (AvgIpc) is 3.18. The van der Waals surface area contributed by atoms with Gasteiger partial charge in [0, 0.05) is 19.6 Å². The van der Waals surface area contributed by atoms with E-state index in [4.69, 9.17) is 4.74 Å². The number of carbonyl (C=O) groups is 1. The van der Waals surface area contributed by atoms with E-state index in [1.807, 2.05) is 29.2 Å². The Bertz CT molecular complexity index is 951. The molecule has 2 aromatic rings. The van der Waals surface area contributed by atoms with Crippen LogP contribution in [0.15, 0.2) is 53.4 Å². The van der Waals surface area contributed by atoms with Gasteiger partial charge >= 0.3 is 0 Å². The van der Waals surface area contributed by atoms with Crippen molar-refractivity contribution in [2.45, 2.75) is 30.6 Å². The van der Waals surface area contributed by atoms with Crippen LogP contribution in [0, 0.1) is 0 Å². The maximum Gasteiger partial charge on any atom is 0.264 e. The summed E-state index contributed by atoms with van der Waals surface area (Å²) in [5.41, 5.74) is 1.79. The van der Waals surface area contributed by atoms with Gasteiger partial charge in [-0.3, -0.25) is 9.10 Å². The van der Waals surface area contributed by atoms with E-state index >= 15 is 0 Å². The molecule has 0 aromatic heterocycles. The fraction of sp³-hybridized carbons (Fsp3) is 0.381. The molecule has 28 heavy (non-hydrogen) atoms. The van der Waals surface area contributed by atoms with Crippen molar-refractivity contribution in [3.05, 3.63) is 54.1 Å². The SMILES string of the molecule is O=C(COc1ccc(S(=O)(=O)N2CCc3ccccc32)cc1)N1CCCCC1. The van der Waals surface area contributed by atoms with Gasteiger partial charge in [-0.2, -0.15) is 0 Å². The van der Waals surface area contributed by atoms with Crippen LogP contribution in [0.25, 0.3) is 0 Å². The Morgan fingerprint density at radius 2 is 1.64 bits per heavy atom. The van der Waals surface area contributed by atoms with Gasteiger partial charge in [-0.05, 0) is 61.6 Å². The van der Waals surface area contributed by atoms with Crippen molar-refractivity contribution in [1.29, 1.82) is 0 Å². The van der Waals surface area contributed by atoms with Crippen LogP contribution in [0.4, 0.5) is 5.69 Å². The van der Waals surface area contributed by atoms with Crippen molar-refractivity contribution in [3.63, 3.8) is 0 Å². The van der Waals surface area contributed by atoms with Crippen molar-refractivity contribution in [2.75, 3.05) is 30.5 Å². The molecule has 1 amide bonds. The van der Waals surface area contributed by atoms with Crippen LogP contribution in [0.5, 0.6) is 5.75 Å². The van der Waals surface area contributed by atoms with Crippen molar-refractivity contribution in [2.24, 2.45) is 0 Å². The van der Waals surface area contributed by atoms with Gasteiger partial charge in [-0.25, -0.2) is 8.42 Å². The van der Waals surface area contributed by atoms with E-state index in [0.29, 0.717) is 12.3 Å². The highest BCUT2D eigenvalue weighted by Crippen LogP contribution is 2.33. The quantitative estimate of drug-likeness (QED) is 0.774. The maximum absolute atomic E-state index is 13.0. The van der Waals surface area contributed by atoms with Crippen LogP contribution >= 0.6 is 0 Å². The molecule has 0 spiro atoms. The minimum Gasteiger partial charge on any atom is -0.484 e. The minimum absolute atomic E-state index is 0.0222. The van der Waals surface area contributed by atoms with Gasteiger partial charge in [-0.1, -0.05) is 18.2 Å². The number of carbonyl (C=O) groups excluding carboxylic acids is 1. The van der Waals surface area contributed by atoms with E-state index in [2.05, 4.69) is 0 Å². The van der Waals surface area contributed by atoms with E-state index in [9.17, 15) is 13.2 Å². The second kappa shape index (κ2) is 7.83. The number of fused-ring (bicyclic) bond motifs is 1. The van der Waals surface area contributed by atoms with E-state index < -0.39 is 10.0 Å². The summed E-state index contributed by atoms with van der Waals surface area (Å²) in [6, 6.07) is 13.9. The molecule has 2 aliphatic rings. The van der Waals surface area contributed by atoms with E-state index in [0.717, 1.165) is 43.6 Å². The summed E-state index contributed by atoms with van der Waals surface area (Å²) in [5, 5.41) is 0. The number of sulfonamides is 1. The predicted octanol–water partition coefficient (Wildman–Crippen LogP) is 2.83. The fourth-order valence-corrected chi connectivity index (χ4v) is 5.28. The summed E-state index contributed by atoms with van der Waals surface area (Å²) in [6.07, 6.45) is 3.97. The molecule has 1 fully saturated rings. The number of piperidine rings is 1. The Hall–Kier alpha value is -2.54. The fourth-order valence-electron chi connectivity index (χ4n) is 3.77. The molecule has 7 heteroatoms. The van der Waals surface area contributed by atoms with Crippen molar-refractivity contribution >= 4 is 21.6 Å². The summed E-state index contributed by atoms with van der Waals surface area (Å²) in [6.45, 7) is 2.00. The van der Waals surface area contributed by atoms with Gasteiger partial charge in [0.25, 0.3) is 15.9 Å². The molecule has 0 aliphatic carbocycles.